The molecule has 0 radical (unpaired) electrons. The summed E-state index contributed by atoms with van der Waals surface area (Å²) in [6, 6.07) is 12.1. The molecule has 1 aromatic carbocycles. The smallest absolute Gasteiger partial charge is 0.234 e. The molecule has 27 heavy (non-hydrogen) atoms. The van der Waals surface area contributed by atoms with Gasteiger partial charge in [0.25, 0.3) is 0 Å². The van der Waals surface area contributed by atoms with Crippen LogP contribution in [0.4, 0.5) is 0 Å². The zero-order chi connectivity index (χ0) is 18.5. The minimum Gasteiger partial charge on any atom is -0.354 e. The van der Waals surface area contributed by atoms with E-state index in [0.29, 0.717) is 31.2 Å². The molecule has 7 heteroatoms. The maximum atomic E-state index is 12.2. The number of nitrogens with zero attached hydrogens (tertiary/aromatic N) is 4. The van der Waals surface area contributed by atoms with Gasteiger partial charge in [0.15, 0.2) is 0 Å². The molecule has 0 unspecified atom stereocenters. The van der Waals surface area contributed by atoms with Crippen LogP contribution in [0.25, 0.3) is 11.4 Å². The van der Waals surface area contributed by atoms with E-state index in [2.05, 4.69) is 43.5 Å². The highest BCUT2D eigenvalue weighted by atomic mass is 16.5. The van der Waals surface area contributed by atoms with Crippen molar-refractivity contribution in [3.8, 4) is 11.4 Å². The third kappa shape index (κ3) is 4.38. The van der Waals surface area contributed by atoms with E-state index in [1.54, 1.807) is 12.4 Å². The second kappa shape index (κ2) is 8.09. The SMILES string of the molecule is O=C(CN1CCc2ccccc2C1)NCCc1nc(-c2cccnc2)no1. The van der Waals surface area contributed by atoms with Gasteiger partial charge in [-0.3, -0.25) is 14.7 Å². The first kappa shape index (κ1) is 17.4. The molecule has 1 aliphatic rings. The maximum absolute atomic E-state index is 12.2. The molecule has 1 amide bonds. The monoisotopic (exact) mass is 363 g/mol. The molecule has 3 heterocycles. The van der Waals surface area contributed by atoms with Crippen LogP contribution in [-0.2, 0) is 24.2 Å². The summed E-state index contributed by atoms with van der Waals surface area (Å²) in [6.07, 6.45) is 4.87. The van der Waals surface area contributed by atoms with E-state index in [9.17, 15) is 4.79 Å². The lowest BCUT2D eigenvalue weighted by Gasteiger charge is -2.28. The zero-order valence-corrected chi connectivity index (χ0v) is 15.0. The molecule has 0 atom stereocenters. The summed E-state index contributed by atoms with van der Waals surface area (Å²) < 4.78 is 5.24. The Morgan fingerprint density at radius 2 is 2.07 bits per heavy atom. The Bertz CT molecular complexity index is 910. The first-order valence-electron chi connectivity index (χ1n) is 9.07. The van der Waals surface area contributed by atoms with Crippen molar-refractivity contribution in [2.75, 3.05) is 19.6 Å². The number of fused-ring (bicyclic) bond motifs is 1. The van der Waals surface area contributed by atoms with Gasteiger partial charge in [0.1, 0.15) is 0 Å². The largest absolute Gasteiger partial charge is 0.354 e. The molecule has 3 aromatic rings. The predicted octanol–water partition coefficient (Wildman–Crippen LogP) is 1.85. The molecule has 0 aliphatic carbocycles. The average Bonchev–Trinajstić information content (AvgIpc) is 3.17. The molecular formula is C20H21N5O2. The molecular weight excluding hydrogens is 342 g/mol. The van der Waals surface area contributed by atoms with Gasteiger partial charge in [-0.1, -0.05) is 29.4 Å². The highest BCUT2D eigenvalue weighted by molar-refractivity contribution is 5.78. The molecule has 138 valence electrons. The standard InChI is InChI=1S/C20H21N5O2/c26-18(14-25-11-8-15-4-1-2-5-17(15)13-25)22-10-7-19-23-20(24-27-19)16-6-3-9-21-12-16/h1-6,9,12H,7-8,10-11,13-14H2,(H,22,26). The average molecular weight is 363 g/mol. The number of carbonyl (C=O) groups is 1. The third-order valence-corrected chi connectivity index (χ3v) is 4.63. The number of rotatable bonds is 6. The minimum atomic E-state index is 0.0152. The number of nitrogens with one attached hydrogen (secondary N) is 1. The topological polar surface area (TPSA) is 84.2 Å². The fourth-order valence-corrected chi connectivity index (χ4v) is 3.23. The van der Waals surface area contributed by atoms with Crippen LogP contribution in [0, 0.1) is 0 Å². The van der Waals surface area contributed by atoms with E-state index >= 15 is 0 Å². The normalized spacial score (nSPS) is 13.9. The van der Waals surface area contributed by atoms with Crippen LogP contribution in [0.5, 0.6) is 0 Å². The molecule has 2 aromatic heterocycles. The van der Waals surface area contributed by atoms with Crippen molar-refractivity contribution in [1.29, 1.82) is 0 Å². The Morgan fingerprint density at radius 1 is 1.19 bits per heavy atom. The van der Waals surface area contributed by atoms with Gasteiger partial charge in [-0.05, 0) is 29.7 Å². The van der Waals surface area contributed by atoms with Crippen LogP contribution in [0.2, 0.25) is 0 Å². The van der Waals surface area contributed by atoms with Gasteiger partial charge in [-0.2, -0.15) is 4.98 Å². The molecule has 0 spiro atoms. The number of hydrogen-bond donors (Lipinski definition) is 1. The van der Waals surface area contributed by atoms with Crippen LogP contribution in [0.15, 0.2) is 53.3 Å². The summed E-state index contributed by atoms with van der Waals surface area (Å²) in [7, 11) is 0. The van der Waals surface area contributed by atoms with E-state index in [0.717, 1.165) is 25.1 Å². The summed E-state index contributed by atoms with van der Waals surface area (Å²) in [5.41, 5.74) is 3.50. The Kier molecular flexibility index (Phi) is 5.20. The van der Waals surface area contributed by atoms with Crippen molar-refractivity contribution in [3.63, 3.8) is 0 Å². The summed E-state index contributed by atoms with van der Waals surface area (Å²) in [4.78, 5) is 22.8. The van der Waals surface area contributed by atoms with E-state index in [4.69, 9.17) is 4.52 Å². The molecule has 1 aliphatic heterocycles. The molecule has 4 rings (SSSR count). The predicted molar refractivity (Wildman–Crippen MR) is 99.7 cm³/mol. The van der Waals surface area contributed by atoms with Crippen molar-refractivity contribution in [2.45, 2.75) is 19.4 Å². The molecule has 7 nitrogen and oxygen atoms in total. The maximum Gasteiger partial charge on any atom is 0.234 e. The number of aromatic nitrogens is 3. The quantitative estimate of drug-likeness (QED) is 0.719. The van der Waals surface area contributed by atoms with Crippen molar-refractivity contribution < 1.29 is 9.32 Å². The fourth-order valence-electron chi connectivity index (χ4n) is 3.23. The number of benzene rings is 1. The Morgan fingerprint density at radius 3 is 2.93 bits per heavy atom. The first-order valence-corrected chi connectivity index (χ1v) is 9.07. The molecule has 0 saturated carbocycles. The van der Waals surface area contributed by atoms with Gasteiger partial charge in [0, 0.05) is 44.0 Å². The molecule has 0 bridgehead atoms. The Balaban J connectivity index is 1.23. The lowest BCUT2D eigenvalue weighted by atomic mass is 10.00. The molecule has 0 saturated heterocycles. The van der Waals surface area contributed by atoms with Crippen molar-refractivity contribution in [1.82, 2.24) is 25.3 Å². The van der Waals surface area contributed by atoms with Crippen LogP contribution in [0.1, 0.15) is 17.0 Å². The van der Waals surface area contributed by atoms with Gasteiger partial charge in [0.05, 0.1) is 6.54 Å². The summed E-state index contributed by atoms with van der Waals surface area (Å²) in [5, 5.41) is 6.88. The second-order valence-corrected chi connectivity index (χ2v) is 6.58. The molecule has 0 fully saturated rings. The van der Waals surface area contributed by atoms with Crippen LogP contribution >= 0.6 is 0 Å². The number of amides is 1. The van der Waals surface area contributed by atoms with E-state index in [1.165, 1.54) is 11.1 Å². The van der Waals surface area contributed by atoms with Gasteiger partial charge >= 0.3 is 0 Å². The van der Waals surface area contributed by atoms with Crippen LogP contribution < -0.4 is 5.32 Å². The number of carbonyl (C=O) groups excluding carboxylic acids is 1. The van der Waals surface area contributed by atoms with Crippen molar-refractivity contribution in [3.05, 3.63) is 65.8 Å². The highest BCUT2D eigenvalue weighted by Gasteiger charge is 2.18. The van der Waals surface area contributed by atoms with E-state index in [1.807, 2.05) is 18.2 Å². The summed E-state index contributed by atoms with van der Waals surface area (Å²) >= 11 is 0. The zero-order valence-electron chi connectivity index (χ0n) is 15.0. The van der Waals surface area contributed by atoms with Crippen LogP contribution in [-0.4, -0.2) is 45.6 Å². The minimum absolute atomic E-state index is 0.0152. The highest BCUT2D eigenvalue weighted by Crippen LogP contribution is 2.18. The van der Waals surface area contributed by atoms with Crippen molar-refractivity contribution in [2.24, 2.45) is 0 Å². The number of pyridine rings is 1. The van der Waals surface area contributed by atoms with Gasteiger partial charge in [0.2, 0.25) is 17.6 Å². The van der Waals surface area contributed by atoms with E-state index < -0.39 is 0 Å². The lowest BCUT2D eigenvalue weighted by Crippen LogP contribution is -2.40. The summed E-state index contributed by atoms with van der Waals surface area (Å²) in [6.45, 7) is 2.60. The first-order chi connectivity index (χ1) is 13.3. The molecule has 1 N–H and O–H groups in total. The van der Waals surface area contributed by atoms with Gasteiger partial charge < -0.3 is 9.84 Å². The Hall–Kier alpha value is -3.06. The Labute approximate surface area is 157 Å². The van der Waals surface area contributed by atoms with Gasteiger partial charge in [-0.15, -0.1) is 0 Å². The fraction of sp³-hybridized carbons (Fsp3) is 0.300. The van der Waals surface area contributed by atoms with E-state index in [-0.39, 0.29) is 5.91 Å². The number of hydrogen-bond acceptors (Lipinski definition) is 6. The second-order valence-electron chi connectivity index (χ2n) is 6.58. The summed E-state index contributed by atoms with van der Waals surface area (Å²) in [5.74, 6) is 1.03. The van der Waals surface area contributed by atoms with Crippen LogP contribution in [0.3, 0.4) is 0 Å². The third-order valence-electron chi connectivity index (χ3n) is 4.63. The lowest BCUT2D eigenvalue weighted by molar-refractivity contribution is -0.122. The van der Waals surface area contributed by atoms with Gasteiger partial charge in [-0.25, -0.2) is 0 Å². The van der Waals surface area contributed by atoms with Crippen molar-refractivity contribution >= 4 is 5.91 Å².